The Morgan fingerprint density at radius 3 is 2.65 bits per heavy atom. The highest BCUT2D eigenvalue weighted by Crippen LogP contribution is 2.11. The van der Waals surface area contributed by atoms with Gasteiger partial charge in [-0.2, -0.15) is 11.8 Å². The molecular formula is C15H21NO3S. The van der Waals surface area contributed by atoms with Crippen molar-refractivity contribution in [1.82, 2.24) is 5.32 Å². The summed E-state index contributed by atoms with van der Waals surface area (Å²) in [7, 11) is 0. The summed E-state index contributed by atoms with van der Waals surface area (Å²) in [5.41, 5.74) is 3.08. The van der Waals surface area contributed by atoms with E-state index in [0.717, 1.165) is 16.7 Å². The molecule has 0 bridgehead atoms. The number of hydrogen-bond acceptors (Lipinski definition) is 3. The fourth-order valence-electron chi connectivity index (χ4n) is 1.90. The van der Waals surface area contributed by atoms with Crippen molar-refractivity contribution in [1.29, 1.82) is 0 Å². The van der Waals surface area contributed by atoms with Crippen LogP contribution in [-0.4, -0.2) is 35.0 Å². The highest BCUT2D eigenvalue weighted by atomic mass is 32.2. The fourth-order valence-corrected chi connectivity index (χ4v) is 2.37. The number of carboxylic acids is 1. The summed E-state index contributed by atoms with van der Waals surface area (Å²) in [5.74, 6) is -0.513. The molecule has 0 fully saturated rings. The Labute approximate surface area is 124 Å². The summed E-state index contributed by atoms with van der Waals surface area (Å²) in [6.45, 7) is 3.92. The van der Waals surface area contributed by atoms with Gasteiger partial charge in [0.15, 0.2) is 0 Å². The van der Waals surface area contributed by atoms with E-state index in [1.54, 1.807) is 11.8 Å². The Balaban J connectivity index is 2.65. The van der Waals surface area contributed by atoms with Gasteiger partial charge in [-0.05, 0) is 43.4 Å². The lowest BCUT2D eigenvalue weighted by Gasteiger charge is -2.14. The van der Waals surface area contributed by atoms with Crippen molar-refractivity contribution in [3.05, 3.63) is 34.9 Å². The molecule has 0 aliphatic rings. The standard InChI is InChI=1S/C15H21NO3S/c1-10-4-5-11(2)12(8-10)9-14(17)16-13(15(18)19)6-7-20-3/h4-5,8,13H,6-7,9H2,1-3H3,(H,16,17)(H,18,19)/t13-/m1/s1. The topological polar surface area (TPSA) is 66.4 Å². The van der Waals surface area contributed by atoms with Crippen LogP contribution in [0, 0.1) is 13.8 Å². The van der Waals surface area contributed by atoms with Crippen LogP contribution in [0.3, 0.4) is 0 Å². The van der Waals surface area contributed by atoms with Crippen LogP contribution in [-0.2, 0) is 16.0 Å². The van der Waals surface area contributed by atoms with Gasteiger partial charge in [-0.25, -0.2) is 4.79 Å². The van der Waals surface area contributed by atoms with Gasteiger partial charge in [0.2, 0.25) is 5.91 Å². The lowest BCUT2D eigenvalue weighted by atomic mass is 10.0. The van der Waals surface area contributed by atoms with Crippen LogP contribution in [0.4, 0.5) is 0 Å². The van der Waals surface area contributed by atoms with E-state index < -0.39 is 12.0 Å². The van der Waals surface area contributed by atoms with Crippen LogP contribution < -0.4 is 5.32 Å². The molecule has 0 radical (unpaired) electrons. The zero-order valence-corrected chi connectivity index (χ0v) is 12.9. The number of nitrogens with one attached hydrogen (secondary N) is 1. The highest BCUT2D eigenvalue weighted by molar-refractivity contribution is 7.98. The first-order valence-electron chi connectivity index (χ1n) is 6.51. The second kappa shape index (κ2) is 7.94. The lowest BCUT2D eigenvalue weighted by molar-refractivity contribution is -0.141. The predicted octanol–water partition coefficient (Wildman–Crippen LogP) is 2.17. The Hall–Kier alpha value is -1.49. The van der Waals surface area contributed by atoms with Crippen LogP contribution in [0.25, 0.3) is 0 Å². The average Bonchev–Trinajstić information content (AvgIpc) is 2.38. The predicted molar refractivity (Wildman–Crippen MR) is 82.2 cm³/mol. The molecule has 2 N–H and O–H groups in total. The van der Waals surface area contributed by atoms with E-state index in [9.17, 15) is 9.59 Å². The van der Waals surface area contributed by atoms with Crippen LogP contribution in [0.15, 0.2) is 18.2 Å². The summed E-state index contributed by atoms with van der Waals surface area (Å²) < 4.78 is 0. The third kappa shape index (κ3) is 5.25. The van der Waals surface area contributed by atoms with E-state index in [1.165, 1.54) is 0 Å². The molecular weight excluding hydrogens is 274 g/mol. The van der Waals surface area contributed by atoms with Crippen molar-refractivity contribution >= 4 is 23.6 Å². The van der Waals surface area contributed by atoms with E-state index >= 15 is 0 Å². The van der Waals surface area contributed by atoms with Gasteiger partial charge in [0.05, 0.1) is 6.42 Å². The van der Waals surface area contributed by atoms with Gasteiger partial charge >= 0.3 is 5.97 Å². The Morgan fingerprint density at radius 1 is 1.35 bits per heavy atom. The van der Waals surface area contributed by atoms with E-state index in [4.69, 9.17) is 5.11 Å². The summed E-state index contributed by atoms with van der Waals surface area (Å²) in [4.78, 5) is 23.1. The molecule has 0 aliphatic heterocycles. The lowest BCUT2D eigenvalue weighted by Crippen LogP contribution is -2.41. The molecule has 110 valence electrons. The molecule has 1 atom stereocenters. The van der Waals surface area contributed by atoms with Crippen LogP contribution in [0.2, 0.25) is 0 Å². The summed E-state index contributed by atoms with van der Waals surface area (Å²) in [6, 6.07) is 5.13. The van der Waals surface area contributed by atoms with Gasteiger partial charge in [0.25, 0.3) is 0 Å². The van der Waals surface area contributed by atoms with Gasteiger partial charge in [-0.1, -0.05) is 23.8 Å². The number of carbonyl (C=O) groups is 2. The Morgan fingerprint density at radius 2 is 2.05 bits per heavy atom. The third-order valence-electron chi connectivity index (χ3n) is 3.10. The minimum atomic E-state index is -0.978. The molecule has 20 heavy (non-hydrogen) atoms. The second-order valence-corrected chi connectivity index (χ2v) is 5.83. The molecule has 5 heteroatoms. The van der Waals surface area contributed by atoms with E-state index in [2.05, 4.69) is 5.32 Å². The molecule has 1 amide bonds. The van der Waals surface area contributed by atoms with Gasteiger partial charge in [0.1, 0.15) is 6.04 Å². The molecule has 0 unspecified atom stereocenters. The average molecular weight is 295 g/mol. The van der Waals surface area contributed by atoms with Gasteiger partial charge in [-0.15, -0.1) is 0 Å². The molecule has 4 nitrogen and oxygen atoms in total. The Bertz CT molecular complexity index is 488. The number of aryl methyl sites for hydroxylation is 2. The SMILES string of the molecule is CSCC[C@@H](NC(=O)Cc1cc(C)ccc1C)C(=O)O. The van der Waals surface area contributed by atoms with E-state index in [0.29, 0.717) is 12.2 Å². The number of benzene rings is 1. The molecule has 1 aromatic carbocycles. The molecule has 0 aromatic heterocycles. The third-order valence-corrected chi connectivity index (χ3v) is 3.74. The molecule has 0 saturated carbocycles. The van der Waals surface area contributed by atoms with Crippen molar-refractivity contribution < 1.29 is 14.7 Å². The van der Waals surface area contributed by atoms with E-state index in [-0.39, 0.29) is 12.3 Å². The number of aliphatic carboxylic acids is 1. The first kappa shape index (κ1) is 16.6. The van der Waals surface area contributed by atoms with Crippen LogP contribution in [0.5, 0.6) is 0 Å². The first-order chi connectivity index (χ1) is 9.43. The Kier molecular flexibility index (Phi) is 6.58. The van der Waals surface area contributed by atoms with E-state index in [1.807, 2.05) is 38.3 Å². The number of amides is 1. The molecule has 0 aliphatic carbocycles. The summed E-state index contributed by atoms with van der Waals surface area (Å²) in [5, 5.41) is 11.7. The number of carbonyl (C=O) groups excluding carboxylic acids is 1. The van der Waals surface area contributed by atoms with Crippen LogP contribution >= 0.6 is 11.8 Å². The number of rotatable bonds is 7. The molecule has 1 aromatic rings. The summed E-state index contributed by atoms with van der Waals surface area (Å²) >= 11 is 1.57. The maximum absolute atomic E-state index is 12.0. The fraction of sp³-hybridized carbons (Fsp3) is 0.467. The van der Waals surface area contributed by atoms with Crippen molar-refractivity contribution in [3.63, 3.8) is 0 Å². The first-order valence-corrected chi connectivity index (χ1v) is 7.90. The highest BCUT2D eigenvalue weighted by Gasteiger charge is 2.19. The number of carboxylic acid groups (broad SMARTS) is 1. The van der Waals surface area contributed by atoms with Gasteiger partial charge < -0.3 is 10.4 Å². The van der Waals surface area contributed by atoms with Crippen molar-refractivity contribution in [2.75, 3.05) is 12.0 Å². The number of thioether (sulfide) groups is 1. The number of hydrogen-bond donors (Lipinski definition) is 2. The molecule has 0 saturated heterocycles. The monoisotopic (exact) mass is 295 g/mol. The minimum absolute atomic E-state index is 0.219. The molecule has 0 heterocycles. The second-order valence-electron chi connectivity index (χ2n) is 4.85. The van der Waals surface area contributed by atoms with Crippen molar-refractivity contribution in [2.24, 2.45) is 0 Å². The summed E-state index contributed by atoms with van der Waals surface area (Å²) in [6.07, 6.45) is 2.57. The maximum Gasteiger partial charge on any atom is 0.326 e. The largest absolute Gasteiger partial charge is 0.480 e. The normalized spacial score (nSPS) is 11.9. The van der Waals surface area contributed by atoms with Crippen molar-refractivity contribution in [3.8, 4) is 0 Å². The van der Waals surface area contributed by atoms with Crippen LogP contribution in [0.1, 0.15) is 23.1 Å². The van der Waals surface area contributed by atoms with Crippen molar-refractivity contribution in [2.45, 2.75) is 32.7 Å². The quantitative estimate of drug-likeness (QED) is 0.809. The zero-order valence-electron chi connectivity index (χ0n) is 12.1. The maximum atomic E-state index is 12.0. The molecule has 0 spiro atoms. The minimum Gasteiger partial charge on any atom is -0.480 e. The smallest absolute Gasteiger partial charge is 0.326 e. The molecule has 1 rings (SSSR count). The van der Waals surface area contributed by atoms with Gasteiger partial charge in [0, 0.05) is 0 Å². The zero-order chi connectivity index (χ0) is 15.1. The van der Waals surface area contributed by atoms with Gasteiger partial charge in [-0.3, -0.25) is 4.79 Å².